The zero-order valence-electron chi connectivity index (χ0n) is 13.5. The van der Waals surface area contributed by atoms with Gasteiger partial charge in [0.25, 0.3) is 15.9 Å². The van der Waals surface area contributed by atoms with Gasteiger partial charge in [-0.15, -0.1) is 0 Å². The van der Waals surface area contributed by atoms with E-state index in [1.165, 1.54) is 38.4 Å². The Morgan fingerprint density at radius 3 is 2.30 bits per heavy atom. The number of likely N-dealkylation sites (N-methyl/N-ethyl adjacent to an activating group) is 1. The summed E-state index contributed by atoms with van der Waals surface area (Å²) in [6, 6.07) is 4.66. The van der Waals surface area contributed by atoms with Gasteiger partial charge in [0, 0.05) is 19.2 Å². The van der Waals surface area contributed by atoms with Crippen molar-refractivity contribution in [2.45, 2.75) is 24.8 Å². The maximum Gasteiger partial charge on any atom is 0.264 e. The van der Waals surface area contributed by atoms with Crippen molar-refractivity contribution in [2.24, 2.45) is 0 Å². The quantitative estimate of drug-likeness (QED) is 0.685. The molecule has 9 heteroatoms. The van der Waals surface area contributed by atoms with Gasteiger partial charge in [0.15, 0.2) is 0 Å². The summed E-state index contributed by atoms with van der Waals surface area (Å²) < 4.78 is 24.8. The lowest BCUT2D eigenvalue weighted by atomic mass is 10.2. The highest BCUT2D eigenvalue weighted by Crippen LogP contribution is 2.15. The Hall–Kier alpha value is -1.97. The molecule has 2 amide bonds. The van der Waals surface area contributed by atoms with E-state index in [0.717, 1.165) is 4.47 Å². The van der Waals surface area contributed by atoms with Gasteiger partial charge in [0.1, 0.15) is 6.04 Å². The molecule has 1 unspecified atom stereocenters. The van der Waals surface area contributed by atoms with Crippen LogP contribution >= 0.6 is 0 Å². The van der Waals surface area contributed by atoms with E-state index >= 15 is 0 Å². The van der Waals surface area contributed by atoms with Crippen LogP contribution in [-0.4, -0.2) is 51.4 Å². The van der Waals surface area contributed by atoms with E-state index in [-0.39, 0.29) is 16.4 Å². The molecule has 0 aliphatic heterocycles. The second kappa shape index (κ2) is 8.04. The van der Waals surface area contributed by atoms with Crippen LogP contribution in [0.1, 0.15) is 24.2 Å². The van der Waals surface area contributed by atoms with Crippen LogP contribution in [0.5, 0.6) is 0 Å². The average molecular weight is 343 g/mol. The van der Waals surface area contributed by atoms with Crippen molar-refractivity contribution in [3.8, 4) is 0 Å². The molecular weight excluding hydrogens is 322 g/mol. The van der Waals surface area contributed by atoms with Crippen LogP contribution in [0, 0.1) is 0 Å². The number of hydrogen-bond donors (Lipinski definition) is 2. The van der Waals surface area contributed by atoms with E-state index in [0.29, 0.717) is 6.54 Å². The number of hydroxylamine groups is 1. The van der Waals surface area contributed by atoms with Gasteiger partial charge >= 0.3 is 0 Å². The molecule has 0 aromatic heterocycles. The number of hydrogen-bond acceptors (Lipinski definition) is 5. The molecule has 0 bridgehead atoms. The van der Waals surface area contributed by atoms with Gasteiger partial charge in [-0.05, 0) is 38.1 Å². The Bertz CT molecular complexity index is 657. The van der Waals surface area contributed by atoms with Crippen LogP contribution < -0.4 is 10.6 Å². The van der Waals surface area contributed by atoms with Gasteiger partial charge in [-0.2, -0.15) is 0 Å². The molecule has 8 nitrogen and oxygen atoms in total. The third-order valence-electron chi connectivity index (χ3n) is 3.10. The first kappa shape index (κ1) is 19.1. The zero-order chi connectivity index (χ0) is 17.6. The molecule has 0 aliphatic carbocycles. The summed E-state index contributed by atoms with van der Waals surface area (Å²) in [5, 5.41) is 5.13. The molecule has 0 radical (unpaired) electrons. The SMILES string of the molecule is CCNC(=O)C(C)NC(=O)c1ccc(S(=O)(=O)N(C)OC)cc1. The highest BCUT2D eigenvalue weighted by atomic mass is 32.2. The first-order chi connectivity index (χ1) is 10.7. The van der Waals surface area contributed by atoms with Crippen molar-refractivity contribution in [1.82, 2.24) is 15.1 Å². The summed E-state index contributed by atoms with van der Waals surface area (Å²) >= 11 is 0. The van der Waals surface area contributed by atoms with Crippen molar-refractivity contribution in [1.29, 1.82) is 0 Å². The van der Waals surface area contributed by atoms with Crippen molar-refractivity contribution < 1.29 is 22.8 Å². The fourth-order valence-corrected chi connectivity index (χ4v) is 2.67. The Balaban J connectivity index is 2.85. The summed E-state index contributed by atoms with van der Waals surface area (Å²) in [7, 11) is -1.25. The number of carbonyl (C=O) groups is 2. The van der Waals surface area contributed by atoms with Gasteiger partial charge in [0.2, 0.25) is 5.91 Å². The van der Waals surface area contributed by atoms with Crippen molar-refractivity contribution in [2.75, 3.05) is 20.7 Å². The third-order valence-corrected chi connectivity index (χ3v) is 4.80. The predicted molar refractivity (Wildman–Crippen MR) is 84.0 cm³/mol. The maximum absolute atomic E-state index is 12.0. The number of sulfonamides is 1. The first-order valence-electron chi connectivity index (χ1n) is 6.95. The fourth-order valence-electron chi connectivity index (χ4n) is 1.70. The minimum Gasteiger partial charge on any atom is -0.355 e. The van der Waals surface area contributed by atoms with E-state index in [2.05, 4.69) is 15.5 Å². The number of rotatable bonds is 7. The lowest BCUT2D eigenvalue weighted by Gasteiger charge is -2.15. The normalized spacial score (nSPS) is 12.7. The second-order valence-corrected chi connectivity index (χ2v) is 6.65. The molecule has 0 aliphatic rings. The number of benzene rings is 1. The lowest BCUT2D eigenvalue weighted by Crippen LogP contribution is -2.44. The molecule has 23 heavy (non-hydrogen) atoms. The molecule has 0 fully saturated rings. The minimum absolute atomic E-state index is 0.00447. The smallest absolute Gasteiger partial charge is 0.264 e. The summed E-state index contributed by atoms with van der Waals surface area (Å²) in [6.07, 6.45) is 0. The van der Waals surface area contributed by atoms with Crippen LogP contribution in [0.15, 0.2) is 29.2 Å². The zero-order valence-corrected chi connectivity index (χ0v) is 14.3. The number of carbonyl (C=O) groups excluding carboxylic acids is 2. The van der Waals surface area contributed by atoms with Gasteiger partial charge in [-0.1, -0.05) is 4.47 Å². The maximum atomic E-state index is 12.0. The molecule has 2 N–H and O–H groups in total. The fraction of sp³-hybridized carbons (Fsp3) is 0.429. The van der Waals surface area contributed by atoms with Crippen molar-refractivity contribution >= 4 is 21.8 Å². The molecule has 0 saturated heterocycles. The number of nitrogens with one attached hydrogen (secondary N) is 2. The van der Waals surface area contributed by atoms with Crippen molar-refractivity contribution in [3.05, 3.63) is 29.8 Å². The minimum atomic E-state index is -3.76. The standard InChI is InChI=1S/C14H21N3O5S/c1-5-15-13(18)10(2)16-14(19)11-6-8-12(9-7-11)23(20,21)17(3)22-4/h6-10H,5H2,1-4H3,(H,15,18)(H,16,19). The van der Waals surface area contributed by atoms with Crippen LogP contribution in [0.2, 0.25) is 0 Å². The first-order valence-corrected chi connectivity index (χ1v) is 8.39. The van der Waals surface area contributed by atoms with E-state index < -0.39 is 22.0 Å². The van der Waals surface area contributed by atoms with Crippen LogP contribution in [0.4, 0.5) is 0 Å². The monoisotopic (exact) mass is 343 g/mol. The van der Waals surface area contributed by atoms with Crippen LogP contribution in [0.25, 0.3) is 0 Å². The van der Waals surface area contributed by atoms with Gasteiger partial charge in [0.05, 0.1) is 12.0 Å². The molecule has 1 atom stereocenters. The summed E-state index contributed by atoms with van der Waals surface area (Å²) in [5.74, 6) is -0.755. The lowest BCUT2D eigenvalue weighted by molar-refractivity contribution is -0.122. The Labute approximate surface area is 135 Å². The van der Waals surface area contributed by atoms with E-state index in [1.807, 2.05) is 0 Å². The molecule has 0 heterocycles. The second-order valence-electron chi connectivity index (χ2n) is 4.71. The largest absolute Gasteiger partial charge is 0.355 e. The molecule has 128 valence electrons. The highest BCUT2D eigenvalue weighted by molar-refractivity contribution is 7.89. The average Bonchev–Trinajstić information content (AvgIpc) is 2.54. The Kier molecular flexibility index (Phi) is 6.67. The van der Waals surface area contributed by atoms with Crippen LogP contribution in [-0.2, 0) is 19.7 Å². The highest BCUT2D eigenvalue weighted by Gasteiger charge is 2.21. The summed E-state index contributed by atoms with van der Waals surface area (Å²) in [4.78, 5) is 28.3. The number of amides is 2. The van der Waals surface area contributed by atoms with Gasteiger partial charge in [-0.25, -0.2) is 8.42 Å². The molecule has 0 saturated carbocycles. The predicted octanol–water partition coefficient (Wildman–Crippen LogP) is 0.123. The topological polar surface area (TPSA) is 105 Å². The molecule has 0 spiro atoms. The summed E-state index contributed by atoms with van der Waals surface area (Å²) in [5.41, 5.74) is 0.250. The van der Waals surface area contributed by atoms with Gasteiger partial charge in [-0.3, -0.25) is 14.4 Å². The van der Waals surface area contributed by atoms with E-state index in [9.17, 15) is 18.0 Å². The molecule has 1 aromatic rings. The van der Waals surface area contributed by atoms with Gasteiger partial charge < -0.3 is 10.6 Å². The Morgan fingerprint density at radius 2 is 1.83 bits per heavy atom. The molecule has 1 rings (SSSR count). The van der Waals surface area contributed by atoms with Crippen LogP contribution in [0.3, 0.4) is 0 Å². The van der Waals surface area contributed by atoms with E-state index in [1.54, 1.807) is 13.8 Å². The van der Waals surface area contributed by atoms with Crippen molar-refractivity contribution in [3.63, 3.8) is 0 Å². The molecule has 1 aromatic carbocycles. The van der Waals surface area contributed by atoms with E-state index in [4.69, 9.17) is 0 Å². The third kappa shape index (κ3) is 4.75. The Morgan fingerprint density at radius 1 is 1.26 bits per heavy atom. The molecular formula is C14H21N3O5S. The summed E-state index contributed by atoms with van der Waals surface area (Å²) in [6.45, 7) is 3.82. The number of nitrogens with zero attached hydrogens (tertiary/aromatic N) is 1.